The number of halogens is 1. The molecule has 1 aromatic carbocycles. The Morgan fingerprint density at radius 1 is 1.25 bits per heavy atom. The van der Waals surface area contributed by atoms with Gasteiger partial charge in [0.15, 0.2) is 0 Å². The van der Waals surface area contributed by atoms with Crippen molar-refractivity contribution in [2.45, 2.75) is 9.32 Å². The number of benzene rings is 1. The van der Waals surface area contributed by atoms with E-state index in [-0.39, 0.29) is 4.90 Å². The number of sulfonamides is 1. The van der Waals surface area contributed by atoms with Crippen molar-refractivity contribution in [1.82, 2.24) is 0 Å². The summed E-state index contributed by atoms with van der Waals surface area (Å²) in [7, 11) is -3.53. The number of nitrogens with two attached hydrogens (primary N) is 1. The van der Waals surface area contributed by atoms with Gasteiger partial charge in [-0.3, -0.25) is 0 Å². The number of primary sulfonamides is 1. The second kappa shape index (κ2) is 3.71. The van der Waals surface area contributed by atoms with Crippen molar-refractivity contribution in [3.63, 3.8) is 0 Å². The molecule has 0 saturated carbocycles. The molecule has 0 heterocycles. The Morgan fingerprint density at radius 2 is 1.75 bits per heavy atom. The van der Waals surface area contributed by atoms with Gasteiger partial charge >= 0.3 is 0 Å². The van der Waals surface area contributed by atoms with Crippen LogP contribution in [0.25, 0.3) is 0 Å². The van der Waals surface area contributed by atoms with Crippen molar-refractivity contribution in [2.75, 3.05) is 0 Å². The minimum Gasteiger partial charge on any atom is -0.225 e. The van der Waals surface area contributed by atoms with E-state index in [2.05, 4.69) is 22.6 Å². The van der Waals surface area contributed by atoms with E-state index in [0.717, 1.165) is 9.99 Å². The summed E-state index contributed by atoms with van der Waals surface area (Å²) in [6.45, 7) is 0. The van der Waals surface area contributed by atoms with E-state index >= 15 is 0 Å². The average molecular weight is 297 g/mol. The first-order valence-corrected chi connectivity index (χ1v) is 6.29. The zero-order valence-electron chi connectivity index (χ0n) is 6.20. The van der Waals surface area contributed by atoms with Gasteiger partial charge in [0, 0.05) is 4.43 Å². The van der Waals surface area contributed by atoms with Gasteiger partial charge in [0.1, 0.15) is 0 Å². The molecule has 0 aliphatic carbocycles. The van der Waals surface area contributed by atoms with Gasteiger partial charge in [-0.25, -0.2) is 13.6 Å². The predicted octanol–water partition coefficient (Wildman–Crippen LogP) is 1.27. The van der Waals surface area contributed by atoms with Crippen molar-refractivity contribution in [3.05, 3.63) is 29.8 Å². The predicted molar refractivity (Wildman–Crippen MR) is 55.5 cm³/mol. The van der Waals surface area contributed by atoms with Gasteiger partial charge in [-0.15, -0.1) is 0 Å². The first kappa shape index (κ1) is 9.94. The van der Waals surface area contributed by atoms with E-state index in [4.69, 9.17) is 5.14 Å². The standard InChI is InChI=1S/C7H8INO2S/c8-5-6-1-3-7(4-2-6)12(9,10)11/h1-4H,5H2,(H2,9,10,11). The zero-order chi connectivity index (χ0) is 9.19. The van der Waals surface area contributed by atoms with Gasteiger partial charge in [-0.05, 0) is 17.7 Å². The van der Waals surface area contributed by atoms with Crippen molar-refractivity contribution < 1.29 is 8.42 Å². The van der Waals surface area contributed by atoms with Gasteiger partial charge in [0.05, 0.1) is 4.90 Å². The summed E-state index contributed by atoms with van der Waals surface area (Å²) < 4.78 is 22.5. The van der Waals surface area contributed by atoms with Gasteiger partial charge in [-0.2, -0.15) is 0 Å². The molecule has 0 aliphatic rings. The second-order valence-electron chi connectivity index (χ2n) is 2.32. The highest BCUT2D eigenvalue weighted by atomic mass is 127. The molecule has 0 aliphatic heterocycles. The SMILES string of the molecule is NS(=O)(=O)c1ccc(CI)cc1. The maximum Gasteiger partial charge on any atom is 0.238 e. The normalized spacial score (nSPS) is 11.5. The average Bonchev–Trinajstić information content (AvgIpc) is 2.03. The lowest BCUT2D eigenvalue weighted by atomic mass is 10.2. The van der Waals surface area contributed by atoms with Crippen LogP contribution in [0.4, 0.5) is 0 Å². The van der Waals surface area contributed by atoms with Crippen LogP contribution in [0.5, 0.6) is 0 Å². The topological polar surface area (TPSA) is 60.2 Å². The van der Waals surface area contributed by atoms with Crippen molar-refractivity contribution in [3.8, 4) is 0 Å². The summed E-state index contributed by atoms with van der Waals surface area (Å²) in [4.78, 5) is 0.163. The van der Waals surface area contributed by atoms with Crippen LogP contribution < -0.4 is 5.14 Å². The minimum atomic E-state index is -3.53. The Balaban J connectivity index is 3.09. The third kappa shape index (κ3) is 2.43. The molecule has 0 spiro atoms. The Kier molecular flexibility index (Phi) is 3.08. The minimum absolute atomic E-state index is 0.163. The number of hydrogen-bond acceptors (Lipinski definition) is 2. The number of rotatable bonds is 2. The van der Waals surface area contributed by atoms with E-state index in [1.54, 1.807) is 12.1 Å². The highest BCUT2D eigenvalue weighted by Crippen LogP contribution is 2.10. The third-order valence-electron chi connectivity index (χ3n) is 1.41. The molecule has 1 aromatic rings. The smallest absolute Gasteiger partial charge is 0.225 e. The van der Waals surface area contributed by atoms with Gasteiger partial charge in [0.25, 0.3) is 0 Å². The Labute approximate surface area is 85.2 Å². The molecule has 0 aromatic heterocycles. The van der Waals surface area contributed by atoms with Crippen LogP contribution in [0.1, 0.15) is 5.56 Å². The first-order valence-electron chi connectivity index (χ1n) is 3.22. The summed E-state index contributed by atoms with van der Waals surface area (Å²) in [6.07, 6.45) is 0. The summed E-state index contributed by atoms with van der Waals surface area (Å²) in [5.74, 6) is 0. The number of hydrogen-bond donors (Lipinski definition) is 1. The third-order valence-corrected chi connectivity index (χ3v) is 3.22. The maximum absolute atomic E-state index is 10.8. The largest absolute Gasteiger partial charge is 0.238 e. The Hall–Kier alpha value is -0.140. The molecule has 0 atom stereocenters. The zero-order valence-corrected chi connectivity index (χ0v) is 9.17. The monoisotopic (exact) mass is 297 g/mol. The van der Waals surface area contributed by atoms with E-state index in [0.29, 0.717) is 0 Å². The number of alkyl halides is 1. The molecule has 0 radical (unpaired) electrons. The molecule has 66 valence electrons. The highest BCUT2D eigenvalue weighted by Gasteiger charge is 2.05. The van der Waals surface area contributed by atoms with Gasteiger partial charge in [0.2, 0.25) is 10.0 Å². The van der Waals surface area contributed by atoms with E-state index < -0.39 is 10.0 Å². The molecule has 1 rings (SSSR count). The van der Waals surface area contributed by atoms with Crippen LogP contribution >= 0.6 is 22.6 Å². The lowest BCUT2D eigenvalue weighted by molar-refractivity contribution is 0.598. The van der Waals surface area contributed by atoms with Gasteiger partial charge in [-0.1, -0.05) is 34.7 Å². The first-order chi connectivity index (χ1) is 5.54. The van der Waals surface area contributed by atoms with Crippen LogP contribution in [0.15, 0.2) is 29.2 Å². The quantitative estimate of drug-likeness (QED) is 0.660. The van der Waals surface area contributed by atoms with Crippen LogP contribution in [0.2, 0.25) is 0 Å². The van der Waals surface area contributed by atoms with E-state index in [9.17, 15) is 8.42 Å². The van der Waals surface area contributed by atoms with Crippen LogP contribution in [0.3, 0.4) is 0 Å². The van der Waals surface area contributed by atoms with Crippen molar-refractivity contribution in [2.24, 2.45) is 5.14 Å². The lowest BCUT2D eigenvalue weighted by Gasteiger charge is -1.98. The molecule has 0 amide bonds. The Morgan fingerprint density at radius 3 is 2.08 bits per heavy atom. The molecule has 0 saturated heterocycles. The molecule has 12 heavy (non-hydrogen) atoms. The highest BCUT2D eigenvalue weighted by molar-refractivity contribution is 14.1. The van der Waals surface area contributed by atoms with Crippen molar-refractivity contribution in [1.29, 1.82) is 0 Å². The molecule has 2 N–H and O–H groups in total. The molecule has 0 unspecified atom stereocenters. The molecule has 3 nitrogen and oxygen atoms in total. The van der Waals surface area contributed by atoms with E-state index in [1.165, 1.54) is 12.1 Å². The fraction of sp³-hybridized carbons (Fsp3) is 0.143. The summed E-state index contributed by atoms with van der Waals surface area (Å²) in [5.41, 5.74) is 1.09. The molecular weight excluding hydrogens is 289 g/mol. The molecule has 0 fully saturated rings. The van der Waals surface area contributed by atoms with Crippen molar-refractivity contribution >= 4 is 32.6 Å². The fourth-order valence-corrected chi connectivity index (χ4v) is 1.79. The maximum atomic E-state index is 10.8. The lowest BCUT2D eigenvalue weighted by Crippen LogP contribution is -2.11. The summed E-state index contributed by atoms with van der Waals surface area (Å²) >= 11 is 2.21. The summed E-state index contributed by atoms with van der Waals surface area (Å²) in [5, 5.41) is 4.92. The van der Waals surface area contributed by atoms with Crippen LogP contribution in [0, 0.1) is 0 Å². The fourth-order valence-electron chi connectivity index (χ4n) is 0.768. The second-order valence-corrected chi connectivity index (χ2v) is 4.65. The van der Waals surface area contributed by atoms with Crippen LogP contribution in [-0.4, -0.2) is 8.42 Å². The van der Waals surface area contributed by atoms with Gasteiger partial charge < -0.3 is 0 Å². The van der Waals surface area contributed by atoms with E-state index in [1.807, 2.05) is 0 Å². The molecule has 0 bridgehead atoms. The molecular formula is C7H8INO2S. The van der Waals surface area contributed by atoms with Crippen LogP contribution in [-0.2, 0) is 14.5 Å². The Bertz CT molecular complexity index is 357. The molecule has 5 heteroatoms. The summed E-state index contributed by atoms with van der Waals surface area (Å²) in [6, 6.07) is 6.55.